The molecule has 0 aliphatic carbocycles. The summed E-state index contributed by atoms with van der Waals surface area (Å²) in [7, 11) is 0. The highest BCUT2D eigenvalue weighted by Crippen LogP contribution is 2.32. The van der Waals surface area contributed by atoms with Gasteiger partial charge < -0.3 is 11.1 Å². The molecule has 3 nitrogen and oxygen atoms in total. The molecule has 0 saturated carbocycles. The number of hydrogen-bond donors (Lipinski definition) is 2. The quantitative estimate of drug-likeness (QED) is 0.864. The van der Waals surface area contributed by atoms with E-state index in [0.29, 0.717) is 27.2 Å². The van der Waals surface area contributed by atoms with Crippen LogP contribution in [0.3, 0.4) is 0 Å². The molecule has 2 rings (SSSR count). The molecule has 2 aromatic rings. The molecule has 1 aromatic carbocycles. The number of hydrogen-bond acceptors (Lipinski definition) is 3. The third kappa shape index (κ3) is 2.62. The molecule has 17 heavy (non-hydrogen) atoms. The molecule has 1 heterocycles. The zero-order chi connectivity index (χ0) is 12.4. The van der Waals surface area contributed by atoms with Crippen molar-refractivity contribution in [1.82, 2.24) is 4.98 Å². The number of nitrogens with one attached hydrogen (secondary N) is 1. The zero-order valence-corrected chi connectivity index (χ0v) is 10.7. The lowest BCUT2D eigenvalue weighted by Gasteiger charge is -2.10. The van der Waals surface area contributed by atoms with Gasteiger partial charge in [-0.25, -0.2) is 4.98 Å². The summed E-state index contributed by atoms with van der Waals surface area (Å²) < 4.78 is 0. The monoisotopic (exact) mass is 267 g/mol. The van der Waals surface area contributed by atoms with E-state index in [2.05, 4.69) is 10.3 Å². The van der Waals surface area contributed by atoms with E-state index in [1.807, 2.05) is 19.1 Å². The van der Waals surface area contributed by atoms with Crippen molar-refractivity contribution < 1.29 is 0 Å². The number of benzene rings is 1. The van der Waals surface area contributed by atoms with E-state index in [-0.39, 0.29) is 0 Å². The van der Waals surface area contributed by atoms with Crippen molar-refractivity contribution in [2.75, 3.05) is 11.1 Å². The number of aryl methyl sites for hydroxylation is 1. The molecule has 0 radical (unpaired) electrons. The average molecular weight is 268 g/mol. The van der Waals surface area contributed by atoms with Crippen molar-refractivity contribution in [3.05, 3.63) is 46.1 Å². The Bertz CT molecular complexity index is 555. The van der Waals surface area contributed by atoms with Crippen LogP contribution in [0.4, 0.5) is 17.2 Å². The predicted octanol–water partition coefficient (Wildman–Crippen LogP) is 4.02. The second-order valence-corrected chi connectivity index (χ2v) is 4.46. The molecule has 0 fully saturated rings. The molecule has 1 aromatic heterocycles. The van der Waals surface area contributed by atoms with Gasteiger partial charge in [0, 0.05) is 6.20 Å². The molecule has 0 aliphatic heterocycles. The lowest BCUT2D eigenvalue weighted by atomic mass is 10.2. The first kappa shape index (κ1) is 12.0. The molecule has 0 atom stereocenters. The van der Waals surface area contributed by atoms with Crippen LogP contribution in [0.1, 0.15) is 5.56 Å². The Hall–Kier alpha value is -1.45. The topological polar surface area (TPSA) is 50.9 Å². The van der Waals surface area contributed by atoms with E-state index in [1.165, 1.54) is 0 Å². The summed E-state index contributed by atoms with van der Waals surface area (Å²) >= 11 is 12.0. The average Bonchev–Trinajstić information content (AvgIpc) is 2.28. The van der Waals surface area contributed by atoms with Crippen LogP contribution in [0.25, 0.3) is 0 Å². The van der Waals surface area contributed by atoms with E-state index in [4.69, 9.17) is 28.9 Å². The number of nitrogen functional groups attached to an aromatic ring is 1. The lowest BCUT2D eigenvalue weighted by Crippen LogP contribution is -2.00. The minimum Gasteiger partial charge on any atom is -0.396 e. The minimum atomic E-state index is 0.455. The highest BCUT2D eigenvalue weighted by molar-refractivity contribution is 6.43. The Morgan fingerprint density at radius 3 is 2.76 bits per heavy atom. The number of rotatable bonds is 2. The molecule has 0 saturated heterocycles. The van der Waals surface area contributed by atoms with Crippen LogP contribution in [0.2, 0.25) is 10.0 Å². The van der Waals surface area contributed by atoms with Crippen LogP contribution >= 0.6 is 23.2 Å². The first-order chi connectivity index (χ1) is 8.08. The lowest BCUT2D eigenvalue weighted by molar-refractivity contribution is 1.26. The summed E-state index contributed by atoms with van der Waals surface area (Å²) in [5, 5.41) is 4.00. The maximum absolute atomic E-state index is 6.06. The van der Waals surface area contributed by atoms with Crippen molar-refractivity contribution in [3.63, 3.8) is 0 Å². The van der Waals surface area contributed by atoms with Gasteiger partial charge in [0.25, 0.3) is 0 Å². The number of pyridine rings is 1. The number of nitrogens with zero attached hydrogens (tertiary/aromatic N) is 1. The van der Waals surface area contributed by atoms with Crippen molar-refractivity contribution in [3.8, 4) is 0 Å². The highest BCUT2D eigenvalue weighted by Gasteiger charge is 2.07. The summed E-state index contributed by atoms with van der Waals surface area (Å²) in [6, 6.07) is 7.19. The number of halogens is 2. The first-order valence-electron chi connectivity index (χ1n) is 5.01. The van der Waals surface area contributed by atoms with E-state index < -0.39 is 0 Å². The van der Waals surface area contributed by atoms with Crippen LogP contribution in [0, 0.1) is 6.92 Å². The van der Waals surface area contributed by atoms with Gasteiger partial charge in [0.1, 0.15) is 0 Å². The Morgan fingerprint density at radius 2 is 2.06 bits per heavy atom. The van der Waals surface area contributed by atoms with Gasteiger partial charge in [0.15, 0.2) is 5.82 Å². The summed E-state index contributed by atoms with van der Waals surface area (Å²) in [4.78, 5) is 4.21. The molecule has 0 spiro atoms. The van der Waals surface area contributed by atoms with E-state index in [9.17, 15) is 0 Å². The Morgan fingerprint density at radius 1 is 1.29 bits per heavy atom. The van der Waals surface area contributed by atoms with Gasteiger partial charge >= 0.3 is 0 Å². The Kier molecular flexibility index (Phi) is 3.41. The zero-order valence-electron chi connectivity index (χ0n) is 9.17. The smallest absolute Gasteiger partial charge is 0.153 e. The largest absolute Gasteiger partial charge is 0.396 e. The molecule has 0 unspecified atom stereocenters. The van der Waals surface area contributed by atoms with Crippen molar-refractivity contribution in [2.24, 2.45) is 0 Å². The molecule has 3 N–H and O–H groups in total. The van der Waals surface area contributed by atoms with Crippen LogP contribution in [0.15, 0.2) is 30.5 Å². The fourth-order valence-corrected chi connectivity index (χ4v) is 1.77. The molecular weight excluding hydrogens is 257 g/mol. The Balaban J connectivity index is 2.35. The molecule has 0 aliphatic rings. The normalized spacial score (nSPS) is 10.3. The third-order valence-corrected chi connectivity index (χ3v) is 3.08. The fraction of sp³-hybridized carbons (Fsp3) is 0.0833. The predicted molar refractivity (Wildman–Crippen MR) is 73.1 cm³/mol. The van der Waals surface area contributed by atoms with Crippen LogP contribution in [-0.2, 0) is 0 Å². The summed E-state index contributed by atoms with van der Waals surface area (Å²) in [5.41, 5.74) is 8.11. The van der Waals surface area contributed by atoms with Crippen molar-refractivity contribution in [2.45, 2.75) is 6.92 Å². The molecule has 5 heteroatoms. The summed E-state index contributed by atoms with van der Waals surface area (Å²) in [5.74, 6) is 0.569. The summed E-state index contributed by atoms with van der Waals surface area (Å²) in [6.07, 6.45) is 1.73. The molecule has 0 amide bonds. The van der Waals surface area contributed by atoms with Gasteiger partial charge in [-0.05, 0) is 30.7 Å². The maximum atomic E-state index is 6.06. The van der Waals surface area contributed by atoms with Gasteiger partial charge in [-0.3, -0.25) is 0 Å². The molecule has 88 valence electrons. The van der Waals surface area contributed by atoms with Gasteiger partial charge in [-0.15, -0.1) is 0 Å². The molecule has 0 bridgehead atoms. The second-order valence-electron chi connectivity index (χ2n) is 3.68. The summed E-state index contributed by atoms with van der Waals surface area (Å²) in [6.45, 7) is 1.93. The fourth-order valence-electron chi connectivity index (χ4n) is 1.42. The van der Waals surface area contributed by atoms with Crippen LogP contribution in [0.5, 0.6) is 0 Å². The number of nitrogens with two attached hydrogens (primary N) is 1. The first-order valence-corrected chi connectivity index (χ1v) is 5.76. The molecular formula is C12H11Cl2N3. The number of anilines is 3. The minimum absolute atomic E-state index is 0.455. The highest BCUT2D eigenvalue weighted by atomic mass is 35.5. The Labute approximate surface area is 110 Å². The standard InChI is InChI=1S/C12H11Cl2N3/c1-7-5-9(15)12(16-6-7)17-10-4-2-3-8(13)11(10)14/h2-6H,15H2,1H3,(H,16,17). The van der Waals surface area contributed by atoms with Gasteiger partial charge in [-0.1, -0.05) is 29.3 Å². The van der Waals surface area contributed by atoms with E-state index in [1.54, 1.807) is 18.3 Å². The van der Waals surface area contributed by atoms with Crippen LogP contribution < -0.4 is 11.1 Å². The third-order valence-electron chi connectivity index (χ3n) is 2.26. The van der Waals surface area contributed by atoms with E-state index in [0.717, 1.165) is 5.56 Å². The van der Waals surface area contributed by atoms with Gasteiger partial charge in [-0.2, -0.15) is 0 Å². The van der Waals surface area contributed by atoms with Gasteiger partial charge in [0.2, 0.25) is 0 Å². The van der Waals surface area contributed by atoms with Crippen LogP contribution in [-0.4, -0.2) is 4.98 Å². The second kappa shape index (κ2) is 4.82. The van der Waals surface area contributed by atoms with Crippen molar-refractivity contribution >= 4 is 40.4 Å². The van der Waals surface area contributed by atoms with Gasteiger partial charge in [0.05, 0.1) is 21.4 Å². The maximum Gasteiger partial charge on any atom is 0.153 e. The van der Waals surface area contributed by atoms with Crippen molar-refractivity contribution in [1.29, 1.82) is 0 Å². The van der Waals surface area contributed by atoms with E-state index >= 15 is 0 Å². The SMILES string of the molecule is Cc1cnc(Nc2cccc(Cl)c2Cl)c(N)c1. The number of aromatic nitrogens is 1.